The molecule has 0 saturated carbocycles. The fourth-order valence-corrected chi connectivity index (χ4v) is 6.86. The minimum absolute atomic E-state index is 0.518. The van der Waals surface area contributed by atoms with Gasteiger partial charge >= 0.3 is 0 Å². The van der Waals surface area contributed by atoms with Crippen LogP contribution in [0.3, 0.4) is 0 Å². The van der Waals surface area contributed by atoms with Gasteiger partial charge < -0.3 is 0 Å². The van der Waals surface area contributed by atoms with Crippen LogP contribution >= 0.6 is 0 Å². The number of benzene rings is 4. The minimum atomic E-state index is 0.518. The molecule has 3 aliphatic rings. The molecule has 1 unspecified atom stereocenters. The van der Waals surface area contributed by atoms with Crippen molar-refractivity contribution in [3.63, 3.8) is 0 Å². The predicted octanol–water partition coefficient (Wildman–Crippen LogP) is 13.4. The number of rotatable bonds is 4. The molecule has 0 bridgehead atoms. The van der Waals surface area contributed by atoms with Gasteiger partial charge in [-0.05, 0) is 122 Å². The summed E-state index contributed by atoms with van der Waals surface area (Å²) in [5.74, 6) is 0.518. The molecule has 0 saturated heterocycles. The predicted molar refractivity (Wildman–Crippen MR) is 202 cm³/mol. The van der Waals surface area contributed by atoms with Crippen molar-refractivity contribution in [2.75, 3.05) is 0 Å². The van der Waals surface area contributed by atoms with Gasteiger partial charge in [0.25, 0.3) is 0 Å². The van der Waals surface area contributed by atoms with E-state index in [1.807, 2.05) is 32.0 Å². The molecule has 4 aromatic rings. The number of allylic oxidation sites excluding steroid dienone is 10. The summed E-state index contributed by atoms with van der Waals surface area (Å²) in [5.41, 5.74) is 18.1. The molecule has 0 amide bonds. The number of aryl methyl sites for hydroxylation is 3. The quantitative estimate of drug-likeness (QED) is 0.218. The summed E-state index contributed by atoms with van der Waals surface area (Å²) in [5, 5.41) is 0. The maximum Gasteiger partial charge on any atom is 0.00583 e. The molecular weight excluding hydrogens is 553 g/mol. The van der Waals surface area contributed by atoms with Crippen LogP contribution < -0.4 is 0 Å². The lowest BCUT2D eigenvalue weighted by molar-refractivity contribution is 0.706. The molecule has 4 aromatic carbocycles. The second-order valence-corrected chi connectivity index (χ2v) is 12.6. The van der Waals surface area contributed by atoms with Crippen molar-refractivity contribution >= 4 is 5.57 Å². The Balaban J connectivity index is 0.000000406. The van der Waals surface area contributed by atoms with E-state index in [0.29, 0.717) is 5.92 Å². The van der Waals surface area contributed by atoms with Crippen molar-refractivity contribution in [2.45, 2.75) is 73.6 Å². The lowest BCUT2D eigenvalue weighted by atomic mass is 9.75. The minimum Gasteiger partial charge on any atom is -0.0839 e. The van der Waals surface area contributed by atoms with E-state index in [4.69, 9.17) is 0 Å². The normalized spacial score (nSPS) is 16.9. The summed E-state index contributed by atoms with van der Waals surface area (Å²) in [6, 6.07) is 35.0. The second-order valence-electron chi connectivity index (χ2n) is 12.6. The first-order valence-corrected chi connectivity index (χ1v) is 17.2. The molecule has 0 fully saturated rings. The van der Waals surface area contributed by atoms with Crippen LogP contribution in [-0.4, -0.2) is 0 Å². The molecule has 0 radical (unpaired) electrons. The monoisotopic (exact) mass is 602 g/mol. The van der Waals surface area contributed by atoms with Gasteiger partial charge in [-0.3, -0.25) is 0 Å². The van der Waals surface area contributed by atoms with Gasteiger partial charge in [0.05, 0.1) is 0 Å². The first-order chi connectivity index (χ1) is 22.5. The molecular formula is C46H50. The van der Waals surface area contributed by atoms with Crippen LogP contribution in [0.25, 0.3) is 27.8 Å². The first kappa shape index (κ1) is 33.0. The van der Waals surface area contributed by atoms with Gasteiger partial charge in [-0.15, -0.1) is 0 Å². The average Bonchev–Trinajstić information content (AvgIpc) is 3.10. The summed E-state index contributed by atoms with van der Waals surface area (Å²) >= 11 is 0. The summed E-state index contributed by atoms with van der Waals surface area (Å²) in [6.45, 7) is 12.8. The van der Waals surface area contributed by atoms with E-state index < -0.39 is 0 Å². The van der Waals surface area contributed by atoms with Crippen molar-refractivity contribution < 1.29 is 0 Å². The third kappa shape index (κ3) is 7.86. The molecule has 0 nitrogen and oxygen atoms in total. The van der Waals surface area contributed by atoms with Crippen LogP contribution in [0, 0.1) is 26.7 Å². The number of hydrogen-bond donors (Lipinski definition) is 0. The SMILES string of the molecule is CC.CC1=C(c2ccc(-c3cccc(-c4ccc(C)cc4)c3)cc2C)C=CC(C2=CCCC3=C2CCC=C3)C1.Cc1ccccc1. The maximum atomic E-state index is 2.52. The van der Waals surface area contributed by atoms with Gasteiger partial charge in [-0.2, -0.15) is 0 Å². The van der Waals surface area contributed by atoms with Gasteiger partial charge in [0.15, 0.2) is 0 Å². The van der Waals surface area contributed by atoms with E-state index in [0.717, 1.165) is 6.42 Å². The Bertz CT molecular complexity index is 1780. The zero-order valence-electron chi connectivity index (χ0n) is 28.7. The Hall–Kier alpha value is -4.42. The Morgan fingerprint density at radius 1 is 0.587 bits per heavy atom. The van der Waals surface area contributed by atoms with Gasteiger partial charge in [0, 0.05) is 5.92 Å². The zero-order chi connectivity index (χ0) is 32.5. The third-order valence-electron chi connectivity index (χ3n) is 9.31. The van der Waals surface area contributed by atoms with E-state index in [1.165, 1.54) is 81.3 Å². The van der Waals surface area contributed by atoms with Crippen molar-refractivity contribution in [2.24, 2.45) is 5.92 Å². The fourth-order valence-electron chi connectivity index (χ4n) is 6.86. The standard InChI is InChI=1S/C37H36.C7H8.C2H6/c1-25-14-16-28(17-15-25)30-10-6-11-31(24-30)32-18-20-34(26(2)22-32)35-21-19-33(23-27(35)3)37-13-7-9-29-8-4-5-12-36(29)37;1-7-5-3-2-4-6-7;1-2/h4,6,8,10-11,13-22,24,33H,5,7,9,12,23H2,1-3H3;2-6H,1H3;1-2H3. The highest BCUT2D eigenvalue weighted by molar-refractivity contribution is 5.82. The van der Waals surface area contributed by atoms with Crippen molar-refractivity contribution in [3.8, 4) is 22.3 Å². The van der Waals surface area contributed by atoms with Crippen LogP contribution in [-0.2, 0) is 0 Å². The van der Waals surface area contributed by atoms with Crippen molar-refractivity contribution in [1.82, 2.24) is 0 Å². The largest absolute Gasteiger partial charge is 0.0839 e. The Morgan fingerprint density at radius 2 is 1.26 bits per heavy atom. The molecule has 0 heteroatoms. The fraction of sp³-hybridized carbons (Fsp3) is 0.261. The highest BCUT2D eigenvalue weighted by Gasteiger charge is 2.25. The van der Waals surface area contributed by atoms with Crippen LogP contribution in [0.15, 0.2) is 150 Å². The van der Waals surface area contributed by atoms with Crippen LogP contribution in [0.4, 0.5) is 0 Å². The summed E-state index contributed by atoms with van der Waals surface area (Å²) < 4.78 is 0. The Labute approximate surface area is 278 Å². The maximum absolute atomic E-state index is 2.52. The van der Waals surface area contributed by atoms with Crippen molar-refractivity contribution in [3.05, 3.63) is 172 Å². The van der Waals surface area contributed by atoms with Crippen LogP contribution in [0.2, 0.25) is 0 Å². The van der Waals surface area contributed by atoms with Gasteiger partial charge in [0.1, 0.15) is 0 Å². The van der Waals surface area contributed by atoms with E-state index in [9.17, 15) is 0 Å². The lowest BCUT2D eigenvalue weighted by Gasteiger charge is -2.30. The summed E-state index contributed by atoms with van der Waals surface area (Å²) in [4.78, 5) is 0. The van der Waals surface area contributed by atoms with E-state index in [2.05, 4.69) is 137 Å². The smallest absolute Gasteiger partial charge is 0.00583 e. The molecule has 0 aliphatic heterocycles. The lowest BCUT2D eigenvalue weighted by Crippen LogP contribution is -2.13. The van der Waals surface area contributed by atoms with Gasteiger partial charge in [-0.25, -0.2) is 0 Å². The molecule has 0 N–H and O–H groups in total. The highest BCUT2D eigenvalue weighted by Crippen LogP contribution is 2.42. The van der Waals surface area contributed by atoms with Gasteiger partial charge in [-0.1, -0.05) is 152 Å². The first-order valence-electron chi connectivity index (χ1n) is 17.2. The molecule has 3 aliphatic carbocycles. The van der Waals surface area contributed by atoms with E-state index in [-0.39, 0.29) is 0 Å². The average molecular weight is 603 g/mol. The molecule has 0 spiro atoms. The van der Waals surface area contributed by atoms with Crippen LogP contribution in [0.1, 0.15) is 75.1 Å². The Morgan fingerprint density at radius 3 is 1.93 bits per heavy atom. The zero-order valence-corrected chi connectivity index (χ0v) is 28.7. The second kappa shape index (κ2) is 15.7. The van der Waals surface area contributed by atoms with E-state index in [1.54, 1.807) is 16.7 Å². The third-order valence-corrected chi connectivity index (χ3v) is 9.31. The molecule has 46 heavy (non-hydrogen) atoms. The molecule has 1 atom stereocenters. The van der Waals surface area contributed by atoms with Gasteiger partial charge in [0.2, 0.25) is 0 Å². The Kier molecular flexibility index (Phi) is 11.3. The molecule has 0 heterocycles. The van der Waals surface area contributed by atoms with Crippen LogP contribution in [0.5, 0.6) is 0 Å². The van der Waals surface area contributed by atoms with Crippen molar-refractivity contribution in [1.29, 1.82) is 0 Å². The van der Waals surface area contributed by atoms with E-state index >= 15 is 0 Å². The summed E-state index contributed by atoms with van der Waals surface area (Å²) in [6.07, 6.45) is 18.1. The number of hydrogen-bond acceptors (Lipinski definition) is 0. The topological polar surface area (TPSA) is 0 Å². The molecule has 234 valence electrons. The molecule has 0 aromatic heterocycles. The summed E-state index contributed by atoms with van der Waals surface area (Å²) in [7, 11) is 0. The molecule has 7 rings (SSSR count). The highest BCUT2D eigenvalue weighted by atomic mass is 14.3.